The maximum atomic E-state index is 12.6. The van der Waals surface area contributed by atoms with Crippen LogP contribution < -0.4 is 15.1 Å². The van der Waals surface area contributed by atoms with Crippen LogP contribution in [0.3, 0.4) is 0 Å². The Kier molecular flexibility index (Phi) is 5.89. The zero-order valence-electron chi connectivity index (χ0n) is 16.8. The van der Waals surface area contributed by atoms with Crippen LogP contribution in [0.1, 0.15) is 18.1 Å². The van der Waals surface area contributed by atoms with E-state index in [9.17, 15) is 4.79 Å². The van der Waals surface area contributed by atoms with E-state index in [1.165, 1.54) is 16.8 Å². The molecule has 0 saturated carbocycles. The number of carbonyl (C=O) groups is 1. The SMILES string of the molecule is CCc1cccc(C)c1N1CCN(C(=O)Nc2ccc(N(C)C)cc2)CC1. The zero-order chi connectivity index (χ0) is 19.4. The second kappa shape index (κ2) is 8.33. The first-order valence-corrected chi connectivity index (χ1v) is 9.66. The van der Waals surface area contributed by atoms with Gasteiger partial charge in [-0.2, -0.15) is 0 Å². The fraction of sp³-hybridized carbons (Fsp3) is 0.409. The summed E-state index contributed by atoms with van der Waals surface area (Å²) in [5.41, 5.74) is 5.99. The van der Waals surface area contributed by atoms with E-state index >= 15 is 0 Å². The number of nitrogens with zero attached hydrogens (tertiary/aromatic N) is 3. The largest absolute Gasteiger partial charge is 0.378 e. The van der Waals surface area contributed by atoms with Gasteiger partial charge in [-0.1, -0.05) is 25.1 Å². The lowest BCUT2D eigenvalue weighted by Gasteiger charge is -2.37. The Morgan fingerprint density at radius 1 is 1.04 bits per heavy atom. The summed E-state index contributed by atoms with van der Waals surface area (Å²) in [7, 11) is 4.01. The van der Waals surface area contributed by atoms with Crippen molar-refractivity contribution in [3.05, 3.63) is 53.6 Å². The average Bonchev–Trinajstić information content (AvgIpc) is 2.68. The van der Waals surface area contributed by atoms with Gasteiger partial charge in [-0.3, -0.25) is 0 Å². The topological polar surface area (TPSA) is 38.8 Å². The highest BCUT2D eigenvalue weighted by Crippen LogP contribution is 2.27. The fourth-order valence-corrected chi connectivity index (χ4v) is 3.64. The van der Waals surface area contributed by atoms with Gasteiger partial charge in [-0.25, -0.2) is 4.79 Å². The Morgan fingerprint density at radius 3 is 2.30 bits per heavy atom. The number of carbonyl (C=O) groups excluding carboxylic acids is 1. The van der Waals surface area contributed by atoms with Crippen LogP contribution in [0, 0.1) is 6.92 Å². The Bertz CT molecular complexity index is 777. The predicted molar refractivity (Wildman–Crippen MR) is 114 cm³/mol. The van der Waals surface area contributed by atoms with Crippen LogP contribution >= 0.6 is 0 Å². The molecule has 0 spiro atoms. The number of para-hydroxylation sites is 1. The Labute approximate surface area is 162 Å². The van der Waals surface area contributed by atoms with Gasteiger partial charge in [0, 0.05) is 57.3 Å². The van der Waals surface area contributed by atoms with Crippen LogP contribution in [0.2, 0.25) is 0 Å². The number of hydrogen-bond donors (Lipinski definition) is 1. The summed E-state index contributed by atoms with van der Waals surface area (Å²) in [4.78, 5) is 19.0. The lowest BCUT2D eigenvalue weighted by Crippen LogP contribution is -2.50. The van der Waals surface area contributed by atoms with Gasteiger partial charge < -0.3 is 20.0 Å². The van der Waals surface area contributed by atoms with Crippen molar-refractivity contribution in [2.45, 2.75) is 20.3 Å². The summed E-state index contributed by atoms with van der Waals surface area (Å²) >= 11 is 0. The number of aryl methyl sites for hydroxylation is 2. The fourth-order valence-electron chi connectivity index (χ4n) is 3.64. The molecule has 1 saturated heterocycles. The van der Waals surface area contributed by atoms with Crippen molar-refractivity contribution >= 4 is 23.1 Å². The molecule has 0 unspecified atom stereocenters. The van der Waals surface area contributed by atoms with Crippen molar-refractivity contribution < 1.29 is 4.79 Å². The zero-order valence-corrected chi connectivity index (χ0v) is 16.8. The number of benzene rings is 2. The molecule has 2 aromatic carbocycles. The minimum absolute atomic E-state index is 0.0206. The quantitative estimate of drug-likeness (QED) is 0.890. The number of nitrogens with one attached hydrogen (secondary N) is 1. The highest BCUT2D eigenvalue weighted by Gasteiger charge is 2.23. The van der Waals surface area contributed by atoms with E-state index < -0.39 is 0 Å². The van der Waals surface area contributed by atoms with Crippen molar-refractivity contribution in [1.82, 2.24) is 4.90 Å². The molecule has 1 aliphatic rings. The molecule has 1 fully saturated rings. The molecule has 5 heteroatoms. The van der Waals surface area contributed by atoms with Gasteiger partial charge in [0.1, 0.15) is 0 Å². The van der Waals surface area contributed by atoms with Crippen LogP contribution in [-0.2, 0) is 6.42 Å². The molecule has 0 atom stereocenters. The lowest BCUT2D eigenvalue weighted by atomic mass is 10.0. The van der Waals surface area contributed by atoms with Gasteiger partial charge in [0.05, 0.1) is 0 Å². The minimum atomic E-state index is -0.0206. The van der Waals surface area contributed by atoms with Gasteiger partial charge in [0.25, 0.3) is 0 Å². The normalized spacial score (nSPS) is 14.2. The van der Waals surface area contributed by atoms with E-state index in [1.807, 2.05) is 48.2 Å². The third-order valence-corrected chi connectivity index (χ3v) is 5.22. The monoisotopic (exact) mass is 366 g/mol. The smallest absolute Gasteiger partial charge is 0.321 e. The van der Waals surface area contributed by atoms with Gasteiger partial charge in [0.2, 0.25) is 0 Å². The summed E-state index contributed by atoms with van der Waals surface area (Å²) in [5, 5.41) is 3.02. The van der Waals surface area contributed by atoms with Crippen molar-refractivity contribution in [2.24, 2.45) is 0 Å². The first-order chi connectivity index (χ1) is 13.0. The average molecular weight is 367 g/mol. The lowest BCUT2D eigenvalue weighted by molar-refractivity contribution is 0.208. The van der Waals surface area contributed by atoms with Crippen LogP contribution in [0.5, 0.6) is 0 Å². The van der Waals surface area contributed by atoms with E-state index in [-0.39, 0.29) is 6.03 Å². The molecule has 1 heterocycles. The number of anilines is 3. The number of amides is 2. The molecule has 0 aromatic heterocycles. The molecular weight excluding hydrogens is 336 g/mol. The summed E-state index contributed by atoms with van der Waals surface area (Å²) in [6.07, 6.45) is 1.03. The van der Waals surface area contributed by atoms with Gasteiger partial charge >= 0.3 is 6.03 Å². The van der Waals surface area contributed by atoms with E-state index in [0.717, 1.165) is 44.0 Å². The van der Waals surface area contributed by atoms with Crippen LogP contribution in [0.15, 0.2) is 42.5 Å². The highest BCUT2D eigenvalue weighted by atomic mass is 16.2. The van der Waals surface area contributed by atoms with Crippen LogP contribution in [0.25, 0.3) is 0 Å². The van der Waals surface area contributed by atoms with E-state index in [2.05, 4.69) is 42.3 Å². The predicted octanol–water partition coefficient (Wildman–Crippen LogP) is 3.98. The summed E-state index contributed by atoms with van der Waals surface area (Å²) in [6, 6.07) is 14.4. The standard InChI is InChI=1S/C22H30N4O/c1-5-18-8-6-7-17(2)21(18)25-13-15-26(16-14-25)22(27)23-19-9-11-20(12-10-19)24(3)4/h6-12H,5,13-16H2,1-4H3,(H,23,27). The third kappa shape index (κ3) is 4.35. The van der Waals surface area contributed by atoms with E-state index in [4.69, 9.17) is 0 Å². The number of hydrogen-bond acceptors (Lipinski definition) is 3. The Morgan fingerprint density at radius 2 is 1.70 bits per heavy atom. The first kappa shape index (κ1) is 19.1. The molecular formula is C22H30N4O. The van der Waals surface area contributed by atoms with Crippen LogP contribution in [0.4, 0.5) is 21.9 Å². The van der Waals surface area contributed by atoms with E-state index in [0.29, 0.717) is 0 Å². The summed E-state index contributed by atoms with van der Waals surface area (Å²) in [6.45, 7) is 7.57. The number of piperazine rings is 1. The van der Waals surface area contributed by atoms with Gasteiger partial charge in [0.15, 0.2) is 0 Å². The van der Waals surface area contributed by atoms with Crippen molar-refractivity contribution in [2.75, 3.05) is 55.4 Å². The molecule has 0 radical (unpaired) electrons. The van der Waals surface area contributed by atoms with Crippen molar-refractivity contribution in [1.29, 1.82) is 0 Å². The Balaban J connectivity index is 1.60. The number of urea groups is 1. The second-order valence-electron chi connectivity index (χ2n) is 7.28. The molecule has 27 heavy (non-hydrogen) atoms. The second-order valence-corrected chi connectivity index (χ2v) is 7.28. The molecule has 2 amide bonds. The molecule has 2 aromatic rings. The summed E-state index contributed by atoms with van der Waals surface area (Å²) < 4.78 is 0. The van der Waals surface area contributed by atoms with Crippen LogP contribution in [-0.4, -0.2) is 51.2 Å². The molecule has 1 N–H and O–H groups in total. The van der Waals surface area contributed by atoms with Gasteiger partial charge in [-0.15, -0.1) is 0 Å². The number of rotatable bonds is 4. The molecule has 5 nitrogen and oxygen atoms in total. The molecule has 144 valence electrons. The first-order valence-electron chi connectivity index (χ1n) is 9.66. The third-order valence-electron chi connectivity index (χ3n) is 5.22. The molecule has 3 rings (SSSR count). The summed E-state index contributed by atoms with van der Waals surface area (Å²) in [5.74, 6) is 0. The Hall–Kier alpha value is -2.69. The maximum Gasteiger partial charge on any atom is 0.321 e. The molecule has 0 bridgehead atoms. The molecule has 0 aliphatic carbocycles. The highest BCUT2D eigenvalue weighted by molar-refractivity contribution is 5.89. The maximum absolute atomic E-state index is 12.6. The minimum Gasteiger partial charge on any atom is -0.378 e. The molecule has 1 aliphatic heterocycles. The van der Waals surface area contributed by atoms with Gasteiger partial charge in [-0.05, 0) is 48.7 Å². The van der Waals surface area contributed by atoms with Crippen molar-refractivity contribution in [3.8, 4) is 0 Å². The van der Waals surface area contributed by atoms with Crippen molar-refractivity contribution in [3.63, 3.8) is 0 Å². The van der Waals surface area contributed by atoms with E-state index in [1.54, 1.807) is 0 Å².